The standard InChI is InChI=1S/C25H27F3N8O2/c1-3-21(37)36-11-10-35(13-15(36)6-8-29)23-16-7-9-34(14-20(16)32-24(33-23)38-2)22-17(12-30)19(31)5-4-18(22)25(26,27)28/h3-5,12,15,30H,1,6-7,9-11,13-14,31H2,2H3. The molecule has 0 radical (unpaired) electrons. The van der Waals surface area contributed by atoms with Crippen molar-refractivity contribution in [3.63, 3.8) is 0 Å². The lowest BCUT2D eigenvalue weighted by Gasteiger charge is -2.42. The van der Waals surface area contributed by atoms with E-state index in [1.54, 1.807) is 4.90 Å². The van der Waals surface area contributed by atoms with E-state index in [0.29, 0.717) is 37.6 Å². The number of anilines is 3. The van der Waals surface area contributed by atoms with Crippen molar-refractivity contribution in [3.8, 4) is 12.1 Å². The lowest BCUT2D eigenvalue weighted by atomic mass is 9.98. The van der Waals surface area contributed by atoms with Crippen LogP contribution < -0.4 is 20.3 Å². The Hall–Kier alpha value is -4.34. The Morgan fingerprint density at radius 1 is 1.32 bits per heavy atom. The van der Waals surface area contributed by atoms with Gasteiger partial charge in [0.1, 0.15) is 5.82 Å². The number of nitrogens with one attached hydrogen (secondary N) is 1. The molecular weight excluding hydrogens is 501 g/mol. The fourth-order valence-corrected chi connectivity index (χ4v) is 5.01. The zero-order chi connectivity index (χ0) is 27.6. The second kappa shape index (κ2) is 10.6. The summed E-state index contributed by atoms with van der Waals surface area (Å²) in [7, 11) is 1.40. The number of rotatable bonds is 6. The van der Waals surface area contributed by atoms with E-state index < -0.39 is 11.7 Å². The average molecular weight is 529 g/mol. The molecule has 38 heavy (non-hydrogen) atoms. The highest BCUT2D eigenvalue weighted by Crippen LogP contribution is 2.42. The van der Waals surface area contributed by atoms with Gasteiger partial charge in [-0.1, -0.05) is 6.58 Å². The molecule has 1 saturated heterocycles. The topological polar surface area (TPSA) is 135 Å². The third kappa shape index (κ3) is 4.93. The first-order valence-corrected chi connectivity index (χ1v) is 11.9. The van der Waals surface area contributed by atoms with Gasteiger partial charge in [0, 0.05) is 49.2 Å². The molecule has 1 amide bonds. The molecule has 1 unspecified atom stereocenters. The minimum Gasteiger partial charge on any atom is -0.467 e. The Labute approximate surface area is 217 Å². The predicted molar refractivity (Wildman–Crippen MR) is 135 cm³/mol. The number of nitrogen functional groups attached to an aromatic ring is 1. The summed E-state index contributed by atoms with van der Waals surface area (Å²) in [5.41, 5.74) is 6.21. The summed E-state index contributed by atoms with van der Waals surface area (Å²) in [6.07, 6.45) is -2.14. The Balaban J connectivity index is 1.73. The molecule has 2 aliphatic heterocycles. The molecule has 0 spiro atoms. The number of fused-ring (bicyclic) bond motifs is 1. The van der Waals surface area contributed by atoms with Gasteiger partial charge in [-0.3, -0.25) is 4.79 Å². The van der Waals surface area contributed by atoms with E-state index in [-0.39, 0.29) is 54.4 Å². The summed E-state index contributed by atoms with van der Waals surface area (Å²) < 4.78 is 47.1. The third-order valence-corrected chi connectivity index (χ3v) is 6.79. The van der Waals surface area contributed by atoms with Gasteiger partial charge in [-0.15, -0.1) is 0 Å². The molecule has 10 nitrogen and oxygen atoms in total. The second-order valence-electron chi connectivity index (χ2n) is 8.94. The number of nitrogens with two attached hydrogens (primary N) is 1. The summed E-state index contributed by atoms with van der Waals surface area (Å²) in [6.45, 7) is 4.89. The first kappa shape index (κ1) is 26.7. The fraction of sp³-hybridized carbons (Fsp3) is 0.400. The summed E-state index contributed by atoms with van der Waals surface area (Å²) in [4.78, 5) is 26.4. The maximum Gasteiger partial charge on any atom is 0.418 e. The van der Waals surface area contributed by atoms with Crippen LogP contribution in [0, 0.1) is 16.7 Å². The first-order valence-electron chi connectivity index (χ1n) is 11.9. The van der Waals surface area contributed by atoms with E-state index in [9.17, 15) is 23.2 Å². The Kier molecular flexibility index (Phi) is 7.43. The molecule has 1 atom stereocenters. The van der Waals surface area contributed by atoms with Gasteiger partial charge in [0.15, 0.2) is 0 Å². The van der Waals surface area contributed by atoms with Crippen LogP contribution in [-0.4, -0.2) is 66.3 Å². The number of hydrogen-bond donors (Lipinski definition) is 2. The number of halogens is 3. The number of piperazine rings is 1. The summed E-state index contributed by atoms with van der Waals surface area (Å²) >= 11 is 0. The van der Waals surface area contributed by atoms with Crippen molar-refractivity contribution in [1.29, 1.82) is 10.7 Å². The van der Waals surface area contributed by atoms with Gasteiger partial charge in [0.25, 0.3) is 0 Å². The van der Waals surface area contributed by atoms with Crippen LogP contribution in [0.2, 0.25) is 0 Å². The van der Waals surface area contributed by atoms with Crippen LogP contribution in [0.25, 0.3) is 0 Å². The van der Waals surface area contributed by atoms with Crippen LogP contribution in [0.4, 0.5) is 30.4 Å². The molecule has 4 rings (SSSR count). The number of amides is 1. The van der Waals surface area contributed by atoms with Gasteiger partial charge in [-0.05, 0) is 24.6 Å². The molecule has 0 saturated carbocycles. The molecular formula is C25H27F3N8O2. The number of aromatic nitrogens is 2. The predicted octanol–water partition coefficient (Wildman–Crippen LogP) is 2.76. The molecule has 0 aliphatic carbocycles. The van der Waals surface area contributed by atoms with Crippen LogP contribution in [-0.2, 0) is 23.9 Å². The number of carbonyl (C=O) groups excluding carboxylic acids is 1. The van der Waals surface area contributed by atoms with Gasteiger partial charge < -0.3 is 30.6 Å². The zero-order valence-corrected chi connectivity index (χ0v) is 20.8. The van der Waals surface area contributed by atoms with E-state index in [2.05, 4.69) is 22.6 Å². The van der Waals surface area contributed by atoms with Crippen molar-refractivity contribution in [2.45, 2.75) is 31.6 Å². The average Bonchev–Trinajstić information content (AvgIpc) is 2.90. The van der Waals surface area contributed by atoms with Crippen LogP contribution in [0.3, 0.4) is 0 Å². The number of ether oxygens (including phenoxy) is 1. The summed E-state index contributed by atoms with van der Waals surface area (Å²) in [5.74, 6) is 0.309. The number of carbonyl (C=O) groups is 1. The number of nitrogens with zero attached hydrogens (tertiary/aromatic N) is 6. The SMILES string of the molecule is C=CC(=O)N1CCN(c2nc(OC)nc3c2CCN(c2c(C(F)(F)F)ccc(N)c2C=N)C3)CC1CC#N. The second-order valence-corrected chi connectivity index (χ2v) is 8.94. The Bertz CT molecular complexity index is 1310. The van der Waals surface area contributed by atoms with Gasteiger partial charge in [0.05, 0.1) is 49.1 Å². The van der Waals surface area contributed by atoms with Gasteiger partial charge in [0.2, 0.25) is 5.91 Å². The monoisotopic (exact) mass is 528 g/mol. The summed E-state index contributed by atoms with van der Waals surface area (Å²) in [6, 6.07) is 3.88. The molecule has 13 heteroatoms. The molecule has 0 bridgehead atoms. The number of alkyl halides is 3. The smallest absolute Gasteiger partial charge is 0.418 e. The highest BCUT2D eigenvalue weighted by atomic mass is 19.4. The summed E-state index contributed by atoms with van der Waals surface area (Å²) in [5, 5.41) is 17.0. The zero-order valence-electron chi connectivity index (χ0n) is 20.8. The van der Waals surface area contributed by atoms with Crippen LogP contribution in [0.15, 0.2) is 24.8 Å². The van der Waals surface area contributed by atoms with Gasteiger partial charge in [-0.25, -0.2) is 0 Å². The van der Waals surface area contributed by atoms with Crippen molar-refractivity contribution in [2.24, 2.45) is 0 Å². The van der Waals surface area contributed by atoms with Crippen LogP contribution in [0.5, 0.6) is 6.01 Å². The van der Waals surface area contributed by atoms with E-state index in [4.69, 9.17) is 15.9 Å². The minimum atomic E-state index is -4.64. The lowest BCUT2D eigenvalue weighted by Crippen LogP contribution is -2.55. The Morgan fingerprint density at radius 3 is 2.71 bits per heavy atom. The largest absolute Gasteiger partial charge is 0.467 e. The van der Waals surface area contributed by atoms with E-state index >= 15 is 0 Å². The van der Waals surface area contributed by atoms with Crippen LogP contribution >= 0.6 is 0 Å². The van der Waals surface area contributed by atoms with Crippen molar-refractivity contribution < 1.29 is 22.7 Å². The fourth-order valence-electron chi connectivity index (χ4n) is 5.01. The molecule has 2 aromatic rings. The quantitative estimate of drug-likeness (QED) is 0.332. The van der Waals surface area contributed by atoms with E-state index in [1.807, 2.05) is 4.90 Å². The van der Waals surface area contributed by atoms with E-state index in [1.165, 1.54) is 18.1 Å². The highest BCUT2D eigenvalue weighted by molar-refractivity contribution is 5.94. The molecule has 3 N–H and O–H groups in total. The molecule has 3 heterocycles. The normalized spacial score (nSPS) is 17.4. The number of methoxy groups -OCH3 is 1. The molecule has 2 aliphatic rings. The van der Waals surface area contributed by atoms with Crippen molar-refractivity contribution >= 4 is 29.3 Å². The molecule has 1 aromatic heterocycles. The number of hydrogen-bond acceptors (Lipinski definition) is 9. The minimum absolute atomic E-state index is 0.00753. The number of nitriles is 1. The maximum atomic E-state index is 13.9. The van der Waals surface area contributed by atoms with Crippen LogP contribution in [0.1, 0.15) is 28.8 Å². The van der Waals surface area contributed by atoms with E-state index in [0.717, 1.165) is 23.9 Å². The van der Waals surface area contributed by atoms with Gasteiger partial charge >= 0.3 is 12.2 Å². The first-order chi connectivity index (χ1) is 18.1. The Morgan fingerprint density at radius 2 is 2.08 bits per heavy atom. The lowest BCUT2D eigenvalue weighted by molar-refractivity contribution is -0.137. The molecule has 1 aromatic carbocycles. The number of benzene rings is 1. The highest BCUT2D eigenvalue weighted by Gasteiger charge is 2.38. The van der Waals surface area contributed by atoms with Crippen molar-refractivity contribution in [1.82, 2.24) is 14.9 Å². The maximum absolute atomic E-state index is 13.9. The van der Waals surface area contributed by atoms with Crippen molar-refractivity contribution in [3.05, 3.63) is 47.2 Å². The molecule has 200 valence electrons. The van der Waals surface area contributed by atoms with Gasteiger partial charge in [-0.2, -0.15) is 28.4 Å². The third-order valence-electron chi connectivity index (χ3n) is 6.79. The molecule has 1 fully saturated rings. The van der Waals surface area contributed by atoms with Crippen molar-refractivity contribution in [2.75, 3.05) is 48.8 Å².